The quantitative estimate of drug-likeness (QED) is 0.0150. The summed E-state index contributed by atoms with van der Waals surface area (Å²) in [6.45, 7) is 30.8. The lowest BCUT2D eigenvalue weighted by Crippen LogP contribution is -2.26. The lowest BCUT2D eigenvalue weighted by molar-refractivity contribution is -0.140. The number of allylic oxidation sites excluding steroid dienone is 2. The molecular formula is C56H84N2O18P+. The fraction of sp³-hybridized carbons (Fsp3) is 0.464. The molecule has 2 aromatic rings. The van der Waals surface area contributed by atoms with Crippen LogP contribution in [0.3, 0.4) is 0 Å². The Hall–Kier alpha value is -7.12. The Morgan fingerprint density at radius 2 is 1.13 bits per heavy atom. The molecule has 0 aliphatic rings. The molecule has 2 rings (SSSR count). The molecule has 20 nitrogen and oxygen atoms in total. The van der Waals surface area contributed by atoms with E-state index in [1.54, 1.807) is 14.0 Å². The van der Waals surface area contributed by atoms with Crippen molar-refractivity contribution >= 4 is 56.5 Å². The van der Waals surface area contributed by atoms with Crippen molar-refractivity contribution in [3.63, 3.8) is 0 Å². The molecule has 0 saturated carbocycles. The number of benzene rings is 2. The van der Waals surface area contributed by atoms with Gasteiger partial charge in [-0.25, -0.2) is 19.2 Å². The molecule has 2 amide bonds. The zero-order chi connectivity index (χ0) is 59.3. The van der Waals surface area contributed by atoms with E-state index in [0.29, 0.717) is 64.8 Å². The molecule has 0 radical (unpaired) electrons. The van der Waals surface area contributed by atoms with Gasteiger partial charge in [-0.1, -0.05) is 83.8 Å². The van der Waals surface area contributed by atoms with E-state index < -0.39 is 26.3 Å². The van der Waals surface area contributed by atoms with Crippen molar-refractivity contribution in [1.29, 1.82) is 0 Å². The van der Waals surface area contributed by atoms with Crippen molar-refractivity contribution in [3.8, 4) is 11.5 Å². The molecule has 0 spiro atoms. The highest BCUT2D eigenvalue weighted by atomic mass is 31.1. The van der Waals surface area contributed by atoms with Gasteiger partial charge in [-0.15, -0.1) is 9.42 Å². The van der Waals surface area contributed by atoms with E-state index in [2.05, 4.69) is 100 Å². The second kappa shape index (κ2) is 52.3. The molecule has 0 aliphatic heterocycles. The zero-order valence-electron chi connectivity index (χ0n) is 46.2. The Bertz CT molecular complexity index is 1990. The van der Waals surface area contributed by atoms with Crippen LogP contribution in [0.4, 0.5) is 4.79 Å². The number of hydrogen-bond donors (Lipinski definition) is 3. The molecule has 0 bridgehead atoms. The first-order valence-corrected chi connectivity index (χ1v) is 25.7. The van der Waals surface area contributed by atoms with Crippen LogP contribution in [0.1, 0.15) is 110 Å². The summed E-state index contributed by atoms with van der Waals surface area (Å²) in [7, 11) is 0.381. The van der Waals surface area contributed by atoms with Crippen LogP contribution in [-0.4, -0.2) is 120 Å². The van der Waals surface area contributed by atoms with Gasteiger partial charge in [0.25, 0.3) is 0 Å². The highest BCUT2D eigenvalue weighted by Gasteiger charge is 2.23. The lowest BCUT2D eigenvalue weighted by atomic mass is 9.78. The molecule has 0 fully saturated rings. The van der Waals surface area contributed by atoms with Crippen molar-refractivity contribution in [3.05, 3.63) is 122 Å². The van der Waals surface area contributed by atoms with Gasteiger partial charge >= 0.3 is 32.3 Å². The number of esters is 3. The average Bonchev–Trinajstić information content (AvgIpc) is 3.43. The Kier molecular flexibility index (Phi) is 51.9. The Labute approximate surface area is 456 Å². The number of carbonyl (C=O) groups is 8. The SMILES string of the molecule is C=C(C)C(=O)OCCO[P+](=O)O.C=CC(=O)CCCCC(=O)NCCCCCCNC(=O)OCCCC(=O)C=C.C=CC(=O)OC.C=CC(=O)OCC.C=O.CCOCOc1ccc(C(C)(C)c2ccc(OC)cc2)cc1. The van der Waals surface area contributed by atoms with Crippen LogP contribution in [0.2, 0.25) is 0 Å². The summed E-state index contributed by atoms with van der Waals surface area (Å²) in [4.78, 5) is 91.8. The summed E-state index contributed by atoms with van der Waals surface area (Å²) in [5, 5.41) is 5.54. The standard InChI is InChI=1S/C21H34N2O5.C19H24O3.C6H9O5P.C5H8O2.C4H6O2.CH2O/c1-3-18(24)12-7-8-14-20(26)22-15-9-5-6-10-16-23-21(27)28-17-11-13-19(25)4-2;1-5-21-14-22-18-12-8-16(9-13-18)19(2,3)15-6-10-17(20-4)11-7-15;1-5(2)6(7)10-3-4-11-12(8)9;1-3-5(6)7-4-2;1-3-4(5)6-2;1-2/h3-4H,1-2,5-17H2,(H,22,26)(H,23,27);6-13H,5,14H2,1-4H3;1,3-4H2,2H3;3H,1,4H2,2H3;3H,1H2,2H3;1H2/p+1. The van der Waals surface area contributed by atoms with Crippen LogP contribution >= 0.6 is 8.25 Å². The van der Waals surface area contributed by atoms with E-state index in [0.717, 1.165) is 49.3 Å². The first-order chi connectivity index (χ1) is 36.7. The van der Waals surface area contributed by atoms with Gasteiger partial charge in [-0.05, 0) is 100 Å². The van der Waals surface area contributed by atoms with E-state index in [9.17, 15) is 38.1 Å². The molecule has 21 heteroatoms. The number of methoxy groups -OCH3 is 2. The fourth-order valence-corrected chi connectivity index (χ4v) is 5.58. The van der Waals surface area contributed by atoms with Crippen LogP contribution < -0.4 is 20.1 Å². The van der Waals surface area contributed by atoms with Gasteiger partial charge in [0, 0.05) is 66.7 Å². The van der Waals surface area contributed by atoms with Gasteiger partial charge < -0.3 is 48.6 Å². The van der Waals surface area contributed by atoms with Crippen molar-refractivity contribution in [2.75, 3.05) is 67.1 Å². The smallest absolute Gasteiger partial charge is 0.497 e. The summed E-state index contributed by atoms with van der Waals surface area (Å²) in [6.07, 6.45) is 11.2. The molecule has 1 atom stereocenters. The monoisotopic (exact) mass is 1100 g/mol. The van der Waals surface area contributed by atoms with Gasteiger partial charge in [0.05, 0.1) is 27.4 Å². The first kappa shape index (κ1) is 76.4. The third kappa shape index (κ3) is 47.1. The minimum absolute atomic E-state index is 0.0168. The van der Waals surface area contributed by atoms with Crippen molar-refractivity contribution in [2.24, 2.45) is 0 Å². The van der Waals surface area contributed by atoms with Crippen LogP contribution in [0, 0.1) is 0 Å². The maximum absolute atomic E-state index is 11.6. The van der Waals surface area contributed by atoms with Crippen molar-refractivity contribution in [2.45, 2.75) is 104 Å². The van der Waals surface area contributed by atoms with Crippen molar-refractivity contribution < 1.29 is 85.5 Å². The summed E-state index contributed by atoms with van der Waals surface area (Å²) in [6, 6.07) is 16.4. The summed E-state index contributed by atoms with van der Waals surface area (Å²) < 4.78 is 48.2. The maximum Gasteiger partial charge on any atom is 0.694 e. The third-order valence-electron chi connectivity index (χ3n) is 9.62. The highest BCUT2D eigenvalue weighted by Crippen LogP contribution is 2.33. The molecular weight excluding hydrogens is 1020 g/mol. The Morgan fingerprint density at radius 3 is 1.56 bits per heavy atom. The molecule has 2 aromatic carbocycles. The Balaban J connectivity index is -0.000000477. The maximum atomic E-state index is 11.6. The highest BCUT2D eigenvalue weighted by molar-refractivity contribution is 7.32. The molecule has 0 heterocycles. The number of amides is 2. The van der Waals surface area contributed by atoms with Crippen LogP contribution in [0.25, 0.3) is 0 Å². The topological polar surface area (TPSA) is 272 Å². The van der Waals surface area contributed by atoms with E-state index in [1.165, 1.54) is 37.3 Å². The number of nitrogens with one attached hydrogen (secondary N) is 2. The number of ether oxygens (including phenoxy) is 7. The minimum Gasteiger partial charge on any atom is -0.497 e. The molecule has 430 valence electrons. The second-order valence-corrected chi connectivity index (χ2v) is 16.5. The van der Waals surface area contributed by atoms with Crippen LogP contribution in [0.5, 0.6) is 11.5 Å². The van der Waals surface area contributed by atoms with E-state index in [4.69, 9.17) is 28.6 Å². The number of ketones is 2. The molecule has 0 saturated heterocycles. The second-order valence-electron chi connectivity index (χ2n) is 15.8. The van der Waals surface area contributed by atoms with E-state index in [1.807, 2.05) is 38.0 Å². The predicted molar refractivity (Wildman–Crippen MR) is 295 cm³/mol. The van der Waals surface area contributed by atoms with E-state index >= 15 is 0 Å². The third-order valence-corrected chi connectivity index (χ3v) is 10.0. The molecule has 77 heavy (non-hydrogen) atoms. The zero-order valence-corrected chi connectivity index (χ0v) is 47.1. The van der Waals surface area contributed by atoms with Gasteiger partial charge in [-0.2, -0.15) is 0 Å². The molecule has 0 aliphatic carbocycles. The predicted octanol–water partition coefficient (Wildman–Crippen LogP) is 9.30. The molecule has 3 N–H and O–H groups in total. The largest absolute Gasteiger partial charge is 0.694 e. The normalized spacial score (nSPS) is 9.79. The van der Waals surface area contributed by atoms with Gasteiger partial charge in [-0.3, -0.25) is 14.4 Å². The average molecular weight is 1100 g/mol. The molecule has 0 aromatic heterocycles. The van der Waals surface area contributed by atoms with Gasteiger partial charge in [0.1, 0.15) is 31.5 Å². The number of rotatable bonds is 33. The fourth-order valence-electron chi connectivity index (χ4n) is 5.35. The summed E-state index contributed by atoms with van der Waals surface area (Å²) in [5.41, 5.74) is 2.69. The van der Waals surface area contributed by atoms with Gasteiger partial charge in [0.2, 0.25) is 5.91 Å². The van der Waals surface area contributed by atoms with E-state index in [-0.39, 0.29) is 61.0 Å². The summed E-state index contributed by atoms with van der Waals surface area (Å²) in [5.74, 6) is 0.389. The number of hydrogen-bond acceptors (Lipinski definition) is 17. The minimum atomic E-state index is -2.61. The van der Waals surface area contributed by atoms with Gasteiger partial charge in [0.15, 0.2) is 18.4 Å². The number of alkyl carbamates (subject to hydrolysis) is 1. The lowest BCUT2D eigenvalue weighted by Gasteiger charge is -2.26. The summed E-state index contributed by atoms with van der Waals surface area (Å²) >= 11 is 0. The Morgan fingerprint density at radius 1 is 0.623 bits per heavy atom. The first-order valence-electron chi connectivity index (χ1n) is 24.6. The van der Waals surface area contributed by atoms with Crippen LogP contribution in [-0.2, 0) is 71.7 Å². The number of carbonyl (C=O) groups excluding carboxylic acids is 8. The van der Waals surface area contributed by atoms with Crippen molar-refractivity contribution in [1.82, 2.24) is 10.6 Å². The molecule has 1 unspecified atom stereocenters. The van der Waals surface area contributed by atoms with Crippen LogP contribution in [0.15, 0.2) is 111 Å². The number of unbranched alkanes of at least 4 members (excludes halogenated alkanes) is 4.